The first kappa shape index (κ1) is 13.6. The first-order chi connectivity index (χ1) is 8.56. The topological polar surface area (TPSA) is 23.5 Å². The highest BCUT2D eigenvalue weighted by Crippen LogP contribution is 2.37. The van der Waals surface area contributed by atoms with E-state index < -0.39 is 0 Å². The van der Waals surface area contributed by atoms with Crippen LogP contribution in [0.25, 0.3) is 0 Å². The van der Waals surface area contributed by atoms with Crippen molar-refractivity contribution < 1.29 is 5.11 Å². The van der Waals surface area contributed by atoms with Gasteiger partial charge in [-0.2, -0.15) is 0 Å². The summed E-state index contributed by atoms with van der Waals surface area (Å²) in [5.74, 6) is 0. The van der Waals surface area contributed by atoms with Crippen molar-refractivity contribution in [3.05, 3.63) is 35.4 Å². The maximum absolute atomic E-state index is 10.7. The highest BCUT2D eigenvalue weighted by molar-refractivity contribution is 5.27. The second-order valence-electron chi connectivity index (χ2n) is 5.85. The molecule has 1 atom stereocenters. The molecule has 100 valence electrons. The van der Waals surface area contributed by atoms with Crippen LogP contribution in [-0.4, -0.2) is 35.7 Å². The molecule has 2 rings (SSSR count). The zero-order valence-corrected chi connectivity index (χ0v) is 11.8. The molecule has 2 heteroatoms. The van der Waals surface area contributed by atoms with Crippen molar-refractivity contribution in [2.45, 2.75) is 50.7 Å². The van der Waals surface area contributed by atoms with E-state index in [1.807, 2.05) is 0 Å². The number of aryl methyl sites for hydroxylation is 1. The fourth-order valence-corrected chi connectivity index (χ4v) is 3.30. The van der Waals surface area contributed by atoms with E-state index in [2.05, 4.69) is 50.2 Å². The fraction of sp³-hybridized carbons (Fsp3) is 0.625. The van der Waals surface area contributed by atoms with Gasteiger partial charge in [-0.3, -0.25) is 0 Å². The van der Waals surface area contributed by atoms with Crippen molar-refractivity contribution >= 4 is 0 Å². The number of hydrogen-bond acceptors (Lipinski definition) is 2. The third-order valence-corrected chi connectivity index (χ3v) is 4.65. The van der Waals surface area contributed by atoms with Crippen LogP contribution in [0.1, 0.15) is 36.8 Å². The predicted octanol–water partition coefficient (Wildman–Crippen LogP) is 2.77. The Morgan fingerprint density at radius 1 is 1.22 bits per heavy atom. The van der Waals surface area contributed by atoms with Gasteiger partial charge in [0.2, 0.25) is 0 Å². The Morgan fingerprint density at radius 3 is 2.39 bits per heavy atom. The largest absolute Gasteiger partial charge is 0.391 e. The molecule has 1 aromatic carbocycles. The lowest BCUT2D eigenvalue weighted by Gasteiger charge is -2.40. The highest BCUT2D eigenvalue weighted by Gasteiger charge is 2.42. The first-order valence-electron chi connectivity index (χ1n) is 6.96. The number of rotatable bonds is 4. The van der Waals surface area contributed by atoms with Gasteiger partial charge < -0.3 is 10.0 Å². The maximum atomic E-state index is 10.7. The Hall–Kier alpha value is -0.860. The maximum Gasteiger partial charge on any atom is 0.0763 e. The summed E-state index contributed by atoms with van der Waals surface area (Å²) in [6, 6.07) is 8.38. The van der Waals surface area contributed by atoms with Crippen LogP contribution >= 0.6 is 0 Å². The van der Waals surface area contributed by atoms with Gasteiger partial charge in [0.05, 0.1) is 6.10 Å². The summed E-state index contributed by atoms with van der Waals surface area (Å²) < 4.78 is 0. The molecule has 1 N–H and O–H groups in total. The second-order valence-corrected chi connectivity index (χ2v) is 5.85. The van der Waals surface area contributed by atoms with Crippen LogP contribution in [0, 0.1) is 6.92 Å². The summed E-state index contributed by atoms with van der Waals surface area (Å²) in [5, 5.41) is 10.7. The number of nitrogens with zero attached hydrogens (tertiary/aromatic N) is 1. The summed E-state index contributed by atoms with van der Waals surface area (Å²) in [4.78, 5) is 2.24. The third-order valence-electron chi connectivity index (χ3n) is 4.65. The molecular formula is C16H25NO. The minimum atomic E-state index is -0.268. The van der Waals surface area contributed by atoms with Gasteiger partial charge in [-0.1, -0.05) is 37.1 Å². The van der Waals surface area contributed by atoms with Crippen molar-refractivity contribution in [2.75, 3.05) is 14.1 Å². The summed E-state index contributed by atoms with van der Waals surface area (Å²) in [6.07, 6.45) is 5.22. The van der Waals surface area contributed by atoms with Gasteiger partial charge in [-0.05, 0) is 45.0 Å². The van der Waals surface area contributed by atoms with E-state index in [0.717, 1.165) is 19.3 Å². The van der Waals surface area contributed by atoms with E-state index in [1.54, 1.807) is 0 Å². The van der Waals surface area contributed by atoms with E-state index in [1.165, 1.54) is 24.0 Å². The number of likely N-dealkylation sites (N-methyl/N-ethyl adjacent to an activating group) is 1. The lowest BCUT2D eigenvalue weighted by molar-refractivity contribution is -0.00258. The van der Waals surface area contributed by atoms with E-state index in [4.69, 9.17) is 0 Å². The fourth-order valence-electron chi connectivity index (χ4n) is 3.30. The van der Waals surface area contributed by atoms with Crippen molar-refractivity contribution in [3.8, 4) is 0 Å². The van der Waals surface area contributed by atoms with Gasteiger partial charge in [0, 0.05) is 12.0 Å². The molecule has 0 heterocycles. The number of benzene rings is 1. The highest BCUT2D eigenvalue weighted by atomic mass is 16.3. The van der Waals surface area contributed by atoms with E-state index in [9.17, 15) is 5.11 Å². The first-order valence-corrected chi connectivity index (χ1v) is 6.96. The number of aliphatic hydroxyl groups is 1. The predicted molar refractivity (Wildman–Crippen MR) is 75.8 cm³/mol. The minimum Gasteiger partial charge on any atom is -0.391 e. The Morgan fingerprint density at radius 2 is 1.83 bits per heavy atom. The normalized spacial score (nSPS) is 20.3. The van der Waals surface area contributed by atoms with Crippen LogP contribution in [-0.2, 0) is 6.42 Å². The average molecular weight is 247 g/mol. The van der Waals surface area contributed by atoms with Crippen molar-refractivity contribution in [1.29, 1.82) is 0 Å². The van der Waals surface area contributed by atoms with Crippen molar-refractivity contribution in [2.24, 2.45) is 0 Å². The van der Waals surface area contributed by atoms with E-state index >= 15 is 0 Å². The van der Waals surface area contributed by atoms with E-state index in [-0.39, 0.29) is 11.6 Å². The smallest absolute Gasteiger partial charge is 0.0763 e. The average Bonchev–Trinajstić information content (AvgIpc) is 2.82. The quantitative estimate of drug-likeness (QED) is 0.884. The molecule has 1 saturated carbocycles. The van der Waals surface area contributed by atoms with Crippen LogP contribution in [0.15, 0.2) is 24.3 Å². The van der Waals surface area contributed by atoms with Crippen LogP contribution in [0.2, 0.25) is 0 Å². The van der Waals surface area contributed by atoms with Gasteiger partial charge >= 0.3 is 0 Å². The van der Waals surface area contributed by atoms with Gasteiger partial charge in [0.1, 0.15) is 0 Å². The Balaban J connectivity index is 2.16. The molecule has 1 aromatic rings. The lowest BCUT2D eigenvalue weighted by Crippen LogP contribution is -2.52. The SMILES string of the molecule is Cc1ccccc1CC(O)C1(N(C)C)CCCC1. The monoisotopic (exact) mass is 247 g/mol. The van der Waals surface area contributed by atoms with Crippen LogP contribution in [0.5, 0.6) is 0 Å². The summed E-state index contributed by atoms with van der Waals surface area (Å²) in [6.45, 7) is 2.12. The van der Waals surface area contributed by atoms with Crippen LogP contribution in [0.4, 0.5) is 0 Å². The Kier molecular flexibility index (Phi) is 4.08. The van der Waals surface area contributed by atoms with Gasteiger partial charge in [-0.15, -0.1) is 0 Å². The van der Waals surface area contributed by atoms with Gasteiger partial charge in [-0.25, -0.2) is 0 Å². The molecule has 1 unspecified atom stereocenters. The molecule has 1 fully saturated rings. The number of aliphatic hydroxyl groups excluding tert-OH is 1. The molecule has 1 aliphatic carbocycles. The molecule has 0 aromatic heterocycles. The van der Waals surface area contributed by atoms with Gasteiger partial charge in [0.25, 0.3) is 0 Å². The molecule has 1 aliphatic rings. The minimum absolute atomic E-state index is 0.0116. The zero-order chi connectivity index (χ0) is 13.2. The third kappa shape index (κ3) is 2.45. The molecule has 18 heavy (non-hydrogen) atoms. The lowest BCUT2D eigenvalue weighted by atomic mass is 9.84. The van der Waals surface area contributed by atoms with Crippen molar-refractivity contribution in [1.82, 2.24) is 4.90 Å². The Bertz CT molecular complexity index is 394. The molecule has 0 saturated heterocycles. The molecule has 0 bridgehead atoms. The molecule has 0 aliphatic heterocycles. The van der Waals surface area contributed by atoms with Gasteiger partial charge in [0.15, 0.2) is 0 Å². The molecule has 0 spiro atoms. The van der Waals surface area contributed by atoms with E-state index in [0.29, 0.717) is 0 Å². The van der Waals surface area contributed by atoms with Crippen LogP contribution < -0.4 is 0 Å². The standard InChI is InChI=1S/C16H25NO/c1-13-8-4-5-9-14(13)12-15(18)16(17(2)3)10-6-7-11-16/h4-5,8-9,15,18H,6-7,10-12H2,1-3H3. The summed E-state index contributed by atoms with van der Waals surface area (Å²) >= 11 is 0. The zero-order valence-electron chi connectivity index (χ0n) is 11.8. The van der Waals surface area contributed by atoms with Crippen LogP contribution in [0.3, 0.4) is 0 Å². The Labute approximate surface area is 111 Å². The summed E-state index contributed by atoms with van der Waals surface area (Å²) in [7, 11) is 4.21. The molecular weight excluding hydrogens is 222 g/mol. The molecule has 2 nitrogen and oxygen atoms in total. The molecule has 0 radical (unpaired) electrons. The molecule has 0 amide bonds. The summed E-state index contributed by atoms with van der Waals surface area (Å²) in [5.41, 5.74) is 2.55. The number of hydrogen-bond donors (Lipinski definition) is 1. The van der Waals surface area contributed by atoms with Crippen molar-refractivity contribution in [3.63, 3.8) is 0 Å². The second kappa shape index (κ2) is 5.41.